The molecular formula is C27H43F5N6O4S. The zero-order valence-corrected chi connectivity index (χ0v) is 25.4. The second kappa shape index (κ2) is 13.6. The molecule has 10 nitrogen and oxygen atoms in total. The van der Waals surface area contributed by atoms with Crippen LogP contribution in [-0.4, -0.2) is 117 Å². The van der Waals surface area contributed by atoms with E-state index in [1.807, 2.05) is 6.92 Å². The van der Waals surface area contributed by atoms with Crippen molar-refractivity contribution in [2.45, 2.75) is 92.5 Å². The smallest absolute Gasteiger partial charge is 0.380 e. The summed E-state index contributed by atoms with van der Waals surface area (Å²) in [6.45, 7) is 3.57. The van der Waals surface area contributed by atoms with Crippen molar-refractivity contribution >= 4 is 23.6 Å². The summed E-state index contributed by atoms with van der Waals surface area (Å²) >= 11 is 1.51. The average Bonchev–Trinajstić information content (AvgIpc) is 3.54. The van der Waals surface area contributed by atoms with E-state index in [9.17, 15) is 31.5 Å². The first-order valence-electron chi connectivity index (χ1n) is 15.0. The lowest BCUT2D eigenvalue weighted by Gasteiger charge is -2.45. The summed E-state index contributed by atoms with van der Waals surface area (Å²) in [5.74, 6) is -1.83. The number of nitrogens with zero attached hydrogens (tertiary/aromatic N) is 1. The van der Waals surface area contributed by atoms with Gasteiger partial charge in [-0.1, -0.05) is 0 Å². The number of carbonyl (C=O) groups is 2. The summed E-state index contributed by atoms with van der Waals surface area (Å²) in [6, 6.07) is -2.58. The lowest BCUT2D eigenvalue weighted by Crippen LogP contribution is -2.59. The Morgan fingerprint density at radius 3 is 2.40 bits per heavy atom. The number of thioether (sulfide) groups is 1. The Balaban J connectivity index is 1.16. The monoisotopic (exact) mass is 642 g/mol. The molecule has 5 aliphatic rings. The van der Waals surface area contributed by atoms with Gasteiger partial charge in [0.05, 0.1) is 24.0 Å². The zero-order chi connectivity index (χ0) is 31.1. The first kappa shape index (κ1) is 33.1. The third-order valence-corrected chi connectivity index (χ3v) is 11.3. The third kappa shape index (κ3) is 7.25. The van der Waals surface area contributed by atoms with Gasteiger partial charge in [-0.05, 0) is 44.4 Å². The van der Waals surface area contributed by atoms with E-state index in [0.717, 1.165) is 0 Å². The molecule has 0 spiro atoms. The number of rotatable bonds is 7. The Morgan fingerprint density at radius 1 is 0.977 bits per heavy atom. The molecule has 12 atom stereocenters. The summed E-state index contributed by atoms with van der Waals surface area (Å²) in [4.78, 5) is 28.6. The van der Waals surface area contributed by atoms with Gasteiger partial charge in [0, 0.05) is 57.7 Å². The summed E-state index contributed by atoms with van der Waals surface area (Å²) in [5, 5.41) is 15.2. The number of alkyl halides is 5. The van der Waals surface area contributed by atoms with Gasteiger partial charge in [0.1, 0.15) is 17.8 Å². The number of nitrogens with one attached hydrogen (secondary N) is 5. The van der Waals surface area contributed by atoms with Gasteiger partial charge in [-0.15, -0.1) is 11.8 Å². The fourth-order valence-corrected chi connectivity index (χ4v) is 9.00. The van der Waals surface area contributed by atoms with Crippen LogP contribution in [0.1, 0.15) is 32.6 Å². The van der Waals surface area contributed by atoms with Crippen LogP contribution in [0.15, 0.2) is 0 Å². The molecule has 12 unspecified atom stereocenters. The number of hydrogen-bond acceptors (Lipinski definition) is 9. The van der Waals surface area contributed by atoms with Crippen LogP contribution in [-0.2, 0) is 19.1 Å². The molecule has 0 saturated carbocycles. The van der Waals surface area contributed by atoms with E-state index in [2.05, 4.69) is 26.6 Å². The summed E-state index contributed by atoms with van der Waals surface area (Å²) in [5.41, 5.74) is -0.379. The fourth-order valence-electron chi connectivity index (χ4n) is 7.59. The van der Waals surface area contributed by atoms with Crippen LogP contribution in [0.25, 0.3) is 0 Å². The Morgan fingerprint density at radius 2 is 1.74 bits per heavy atom. The highest BCUT2D eigenvalue weighted by Gasteiger charge is 2.51. The van der Waals surface area contributed by atoms with Crippen molar-refractivity contribution in [3.63, 3.8) is 0 Å². The molecule has 5 N–H and O–H groups in total. The number of ether oxygens (including phenoxy) is 2. The molecule has 246 valence electrons. The van der Waals surface area contributed by atoms with Crippen LogP contribution in [0.3, 0.4) is 0 Å². The second-order valence-corrected chi connectivity index (χ2v) is 13.9. The van der Waals surface area contributed by atoms with Crippen molar-refractivity contribution < 1.29 is 41.0 Å². The van der Waals surface area contributed by atoms with E-state index < -0.39 is 42.7 Å². The number of hydrogen-bond donors (Lipinski definition) is 5. The van der Waals surface area contributed by atoms with E-state index in [0.29, 0.717) is 32.6 Å². The molecule has 0 aromatic rings. The Hall–Kier alpha value is -1.30. The molecule has 43 heavy (non-hydrogen) atoms. The maximum atomic E-state index is 13.6. The van der Waals surface area contributed by atoms with E-state index in [1.54, 1.807) is 12.0 Å². The highest BCUT2D eigenvalue weighted by Crippen LogP contribution is 2.39. The van der Waals surface area contributed by atoms with Gasteiger partial charge in [0.2, 0.25) is 11.8 Å². The number of piperidine rings is 3. The van der Waals surface area contributed by atoms with Crippen LogP contribution < -0.4 is 26.6 Å². The Kier molecular flexibility index (Phi) is 10.5. The molecule has 0 aromatic heterocycles. The lowest BCUT2D eigenvalue weighted by atomic mass is 9.69. The number of likely N-dealkylation sites (tertiary alicyclic amines) is 1. The van der Waals surface area contributed by atoms with Gasteiger partial charge in [-0.3, -0.25) is 20.2 Å². The Bertz CT molecular complexity index is 986. The third-order valence-electron chi connectivity index (χ3n) is 9.90. The summed E-state index contributed by atoms with van der Waals surface area (Å²) < 4.78 is 77.7. The molecule has 0 bridgehead atoms. The number of carbonyl (C=O) groups excluding carboxylic acids is 2. The molecule has 0 radical (unpaired) electrons. The molecule has 0 aromatic carbocycles. The van der Waals surface area contributed by atoms with Gasteiger partial charge in [0.15, 0.2) is 0 Å². The van der Waals surface area contributed by atoms with Crippen molar-refractivity contribution in [3.05, 3.63) is 0 Å². The van der Waals surface area contributed by atoms with Crippen LogP contribution in [0.4, 0.5) is 22.0 Å². The van der Waals surface area contributed by atoms with Crippen molar-refractivity contribution in [2.75, 3.05) is 40.4 Å². The predicted octanol–water partition coefficient (Wildman–Crippen LogP) is 1.08. The van der Waals surface area contributed by atoms with Crippen molar-refractivity contribution in [3.8, 4) is 0 Å². The van der Waals surface area contributed by atoms with Crippen LogP contribution in [0, 0.1) is 23.7 Å². The van der Waals surface area contributed by atoms with Crippen molar-refractivity contribution in [1.82, 2.24) is 31.5 Å². The molecule has 5 heterocycles. The molecule has 5 fully saturated rings. The maximum absolute atomic E-state index is 13.6. The normalized spacial score (nSPS) is 42.2. The molecule has 2 amide bonds. The number of halogens is 5. The molecular weight excluding hydrogens is 599 g/mol. The zero-order valence-electron chi connectivity index (χ0n) is 24.5. The minimum atomic E-state index is -4.41. The highest BCUT2D eigenvalue weighted by atomic mass is 32.2. The fraction of sp³-hybridized carbons (Fsp3) is 0.926. The van der Waals surface area contributed by atoms with Crippen molar-refractivity contribution in [1.29, 1.82) is 0 Å². The quantitative estimate of drug-likeness (QED) is 0.260. The Labute approximate surface area is 252 Å². The molecule has 5 saturated heterocycles. The average molecular weight is 643 g/mol. The summed E-state index contributed by atoms with van der Waals surface area (Å²) in [7, 11) is 2.87. The minimum absolute atomic E-state index is 0.00380. The second-order valence-electron chi connectivity index (χ2n) is 12.5. The van der Waals surface area contributed by atoms with Crippen molar-refractivity contribution in [2.24, 2.45) is 23.7 Å². The van der Waals surface area contributed by atoms with Gasteiger partial charge in [-0.25, -0.2) is 8.78 Å². The number of fused-ring (bicyclic) bond motifs is 1. The lowest BCUT2D eigenvalue weighted by molar-refractivity contribution is -0.183. The first-order chi connectivity index (χ1) is 20.4. The number of amides is 2. The van der Waals surface area contributed by atoms with E-state index in [-0.39, 0.29) is 71.8 Å². The van der Waals surface area contributed by atoms with Crippen LogP contribution >= 0.6 is 11.8 Å². The topological polar surface area (TPSA) is 116 Å². The standard InChI is InChI=1S/C27H43F5N6O4S/c1-12-6-14(15-7-17(22(28)29)34-9-19(15)41-2)16(8-33-12)23(39)37-26-35-18-10-38(11-20(18)43-26)25(40)13-4-5-21(27(30,31)32)36-24(13)42-3/h12-22,24,26,33-36H,4-11H2,1-3H3,(H,37,39). The maximum Gasteiger partial charge on any atom is 0.403 e. The minimum Gasteiger partial charge on any atom is -0.380 e. The van der Waals surface area contributed by atoms with E-state index in [1.165, 1.54) is 18.9 Å². The van der Waals surface area contributed by atoms with Gasteiger partial charge < -0.3 is 30.3 Å². The molecule has 0 aliphatic carbocycles. The summed E-state index contributed by atoms with van der Waals surface area (Å²) in [6.07, 6.45) is -7.39. The first-order valence-corrected chi connectivity index (χ1v) is 16.0. The van der Waals surface area contributed by atoms with Crippen LogP contribution in [0.2, 0.25) is 0 Å². The predicted molar refractivity (Wildman–Crippen MR) is 149 cm³/mol. The van der Waals surface area contributed by atoms with E-state index in [4.69, 9.17) is 9.47 Å². The molecule has 5 rings (SSSR count). The van der Waals surface area contributed by atoms with Gasteiger partial charge >= 0.3 is 6.18 Å². The van der Waals surface area contributed by atoms with E-state index >= 15 is 0 Å². The largest absolute Gasteiger partial charge is 0.403 e. The highest BCUT2D eigenvalue weighted by molar-refractivity contribution is 8.00. The number of methoxy groups -OCH3 is 2. The van der Waals surface area contributed by atoms with Crippen LogP contribution in [0.5, 0.6) is 0 Å². The molecule has 16 heteroatoms. The van der Waals surface area contributed by atoms with Gasteiger partial charge in [-0.2, -0.15) is 13.2 Å². The van der Waals surface area contributed by atoms with Gasteiger partial charge in [0.25, 0.3) is 6.43 Å². The SMILES string of the molecule is COC1CNC(C(F)F)CC1C1CC(C)NCC1C(=O)NC1NC2CN(C(=O)C3CCC(C(F)(F)F)NC3OC)CC2S1. The molecule has 5 aliphatic heterocycles.